The van der Waals surface area contributed by atoms with Crippen LogP contribution in [0.15, 0.2) is 29.2 Å². The third-order valence-electron chi connectivity index (χ3n) is 6.11. The molecule has 4 rings (SSSR count). The van der Waals surface area contributed by atoms with E-state index in [2.05, 4.69) is 10.2 Å². The van der Waals surface area contributed by atoms with Gasteiger partial charge in [-0.25, -0.2) is 8.42 Å². The molecule has 8 nitrogen and oxygen atoms in total. The van der Waals surface area contributed by atoms with Crippen LogP contribution in [0.2, 0.25) is 0 Å². The number of benzene rings is 1. The zero-order valence-corrected chi connectivity index (χ0v) is 18.2. The summed E-state index contributed by atoms with van der Waals surface area (Å²) < 4.78 is 27.6. The molecule has 1 atom stereocenters. The summed E-state index contributed by atoms with van der Waals surface area (Å²) in [6, 6.07) is 6.48. The van der Waals surface area contributed by atoms with Crippen molar-refractivity contribution in [3.8, 4) is 0 Å². The molecule has 1 N–H and O–H groups in total. The molecule has 30 heavy (non-hydrogen) atoms. The Bertz CT molecular complexity index is 890. The van der Waals surface area contributed by atoms with E-state index in [-0.39, 0.29) is 16.7 Å². The molecule has 9 heteroatoms. The number of sulfonamides is 1. The topological polar surface area (TPSA) is 90.0 Å². The van der Waals surface area contributed by atoms with Crippen molar-refractivity contribution in [1.29, 1.82) is 0 Å². The third kappa shape index (κ3) is 4.68. The van der Waals surface area contributed by atoms with Crippen molar-refractivity contribution in [3.05, 3.63) is 29.8 Å². The van der Waals surface area contributed by atoms with Crippen LogP contribution in [0.3, 0.4) is 0 Å². The second-order valence-electron chi connectivity index (χ2n) is 8.53. The first-order valence-corrected chi connectivity index (χ1v) is 12.2. The van der Waals surface area contributed by atoms with Crippen molar-refractivity contribution in [3.63, 3.8) is 0 Å². The molecule has 1 aromatic carbocycles. The molecule has 2 amide bonds. The van der Waals surface area contributed by atoms with Gasteiger partial charge in [0.2, 0.25) is 21.8 Å². The Kier molecular flexibility index (Phi) is 6.13. The van der Waals surface area contributed by atoms with E-state index in [1.807, 2.05) is 6.92 Å². The molecule has 2 saturated heterocycles. The lowest BCUT2D eigenvalue weighted by molar-refractivity contribution is -0.136. The first-order valence-electron chi connectivity index (χ1n) is 10.7. The predicted molar refractivity (Wildman–Crippen MR) is 112 cm³/mol. The normalized spacial score (nSPS) is 23.5. The van der Waals surface area contributed by atoms with Gasteiger partial charge in [-0.1, -0.05) is 17.7 Å². The van der Waals surface area contributed by atoms with Crippen LogP contribution < -0.4 is 5.32 Å². The Morgan fingerprint density at radius 1 is 1.00 bits per heavy atom. The number of aryl methyl sites for hydroxylation is 1. The van der Waals surface area contributed by atoms with Gasteiger partial charge in [-0.3, -0.25) is 14.5 Å². The van der Waals surface area contributed by atoms with E-state index in [0.29, 0.717) is 58.2 Å². The van der Waals surface area contributed by atoms with Gasteiger partial charge in [0.25, 0.3) is 0 Å². The zero-order chi connectivity index (χ0) is 21.3. The smallest absolute Gasteiger partial charge is 0.243 e. The standard InChI is InChI=1S/C21H30N4O4S/c1-16-4-8-18(9-5-16)30(28,29)25-10-2-3-19(25)21(27)24-13-11-23(12-14-24)15-20(26)22-17-6-7-17/h4-5,8-9,17,19H,2-3,6-7,10-15H2,1H3,(H,22,26)/t19-/m1/s1. The van der Waals surface area contributed by atoms with Gasteiger partial charge >= 0.3 is 0 Å². The monoisotopic (exact) mass is 434 g/mol. The molecule has 2 aliphatic heterocycles. The first-order chi connectivity index (χ1) is 14.3. The highest BCUT2D eigenvalue weighted by molar-refractivity contribution is 7.89. The molecule has 0 radical (unpaired) electrons. The van der Waals surface area contributed by atoms with Gasteiger partial charge in [0, 0.05) is 38.8 Å². The van der Waals surface area contributed by atoms with Crippen LogP contribution in [0, 0.1) is 6.92 Å². The summed E-state index contributed by atoms with van der Waals surface area (Å²) >= 11 is 0. The van der Waals surface area contributed by atoms with Crippen LogP contribution in [0.5, 0.6) is 0 Å². The SMILES string of the molecule is Cc1ccc(S(=O)(=O)N2CCC[C@@H]2C(=O)N2CCN(CC(=O)NC3CC3)CC2)cc1. The summed E-state index contributed by atoms with van der Waals surface area (Å²) in [5.74, 6) is -0.0753. The van der Waals surface area contributed by atoms with E-state index in [9.17, 15) is 18.0 Å². The lowest BCUT2D eigenvalue weighted by Gasteiger charge is -2.36. The van der Waals surface area contributed by atoms with Crippen LogP contribution in [0.25, 0.3) is 0 Å². The lowest BCUT2D eigenvalue weighted by Crippen LogP contribution is -2.55. The van der Waals surface area contributed by atoms with E-state index < -0.39 is 16.1 Å². The highest BCUT2D eigenvalue weighted by atomic mass is 32.2. The number of piperazine rings is 1. The molecular weight excluding hydrogens is 404 g/mol. The molecule has 1 saturated carbocycles. The minimum Gasteiger partial charge on any atom is -0.352 e. The van der Waals surface area contributed by atoms with Crippen molar-refractivity contribution >= 4 is 21.8 Å². The minimum atomic E-state index is -3.70. The fourth-order valence-corrected chi connectivity index (χ4v) is 5.81. The van der Waals surface area contributed by atoms with Gasteiger partial charge in [-0.2, -0.15) is 4.31 Å². The molecule has 3 fully saturated rings. The second kappa shape index (κ2) is 8.64. The Balaban J connectivity index is 1.35. The highest BCUT2D eigenvalue weighted by Crippen LogP contribution is 2.28. The Labute approximate surface area is 178 Å². The van der Waals surface area contributed by atoms with Gasteiger partial charge in [-0.05, 0) is 44.7 Å². The van der Waals surface area contributed by atoms with Crippen LogP contribution in [-0.2, 0) is 19.6 Å². The fourth-order valence-electron chi connectivity index (χ4n) is 4.16. The summed E-state index contributed by atoms with van der Waals surface area (Å²) in [4.78, 5) is 29.2. The molecule has 2 heterocycles. The maximum Gasteiger partial charge on any atom is 0.243 e. The number of nitrogens with one attached hydrogen (secondary N) is 1. The largest absolute Gasteiger partial charge is 0.352 e. The number of carbonyl (C=O) groups is 2. The highest BCUT2D eigenvalue weighted by Gasteiger charge is 2.41. The average Bonchev–Trinajstić information content (AvgIpc) is 3.38. The Morgan fingerprint density at radius 2 is 1.67 bits per heavy atom. The van der Waals surface area contributed by atoms with E-state index >= 15 is 0 Å². The van der Waals surface area contributed by atoms with E-state index in [1.165, 1.54) is 4.31 Å². The number of rotatable bonds is 6. The van der Waals surface area contributed by atoms with Gasteiger partial charge < -0.3 is 10.2 Å². The summed E-state index contributed by atoms with van der Waals surface area (Å²) in [6.07, 6.45) is 3.37. The molecule has 0 spiro atoms. The number of hydrogen-bond acceptors (Lipinski definition) is 5. The summed E-state index contributed by atoms with van der Waals surface area (Å²) in [7, 11) is -3.70. The minimum absolute atomic E-state index is 0.0448. The fraction of sp³-hybridized carbons (Fsp3) is 0.619. The first kappa shape index (κ1) is 21.3. The predicted octanol–water partition coefficient (Wildman–Crippen LogP) is 0.571. The van der Waals surface area contributed by atoms with Crippen molar-refractivity contribution in [2.75, 3.05) is 39.3 Å². The molecule has 164 valence electrons. The molecular formula is C21H30N4O4S. The van der Waals surface area contributed by atoms with E-state index in [1.54, 1.807) is 29.2 Å². The maximum absolute atomic E-state index is 13.1. The summed E-state index contributed by atoms with van der Waals surface area (Å²) in [5, 5.41) is 2.99. The molecule has 3 aliphatic rings. The van der Waals surface area contributed by atoms with Crippen LogP contribution >= 0.6 is 0 Å². The Morgan fingerprint density at radius 3 is 2.30 bits per heavy atom. The Hall–Kier alpha value is -1.97. The van der Waals surface area contributed by atoms with E-state index in [4.69, 9.17) is 0 Å². The van der Waals surface area contributed by atoms with Crippen LogP contribution in [0.4, 0.5) is 0 Å². The quantitative estimate of drug-likeness (QED) is 0.707. The van der Waals surface area contributed by atoms with Crippen LogP contribution in [0.1, 0.15) is 31.2 Å². The molecule has 1 aliphatic carbocycles. The zero-order valence-electron chi connectivity index (χ0n) is 17.4. The van der Waals surface area contributed by atoms with Crippen LogP contribution in [-0.4, -0.2) is 85.7 Å². The number of hydrogen-bond donors (Lipinski definition) is 1. The molecule has 0 unspecified atom stereocenters. The third-order valence-corrected chi connectivity index (χ3v) is 8.03. The maximum atomic E-state index is 13.1. The average molecular weight is 435 g/mol. The van der Waals surface area contributed by atoms with Gasteiger partial charge in [0.1, 0.15) is 6.04 Å². The van der Waals surface area contributed by atoms with Crippen molar-refractivity contribution < 1.29 is 18.0 Å². The molecule has 1 aromatic rings. The molecule has 0 aromatic heterocycles. The number of amides is 2. The van der Waals surface area contributed by atoms with Gasteiger partial charge in [-0.15, -0.1) is 0 Å². The second-order valence-corrected chi connectivity index (χ2v) is 10.4. The van der Waals surface area contributed by atoms with Gasteiger partial charge in [0.15, 0.2) is 0 Å². The summed E-state index contributed by atoms with van der Waals surface area (Å²) in [6.45, 7) is 4.93. The van der Waals surface area contributed by atoms with Crippen molar-refractivity contribution in [2.45, 2.75) is 49.6 Å². The summed E-state index contributed by atoms with van der Waals surface area (Å²) in [5.41, 5.74) is 0.992. The van der Waals surface area contributed by atoms with Crippen molar-refractivity contribution in [1.82, 2.24) is 19.4 Å². The van der Waals surface area contributed by atoms with Gasteiger partial charge in [0.05, 0.1) is 11.4 Å². The number of nitrogens with zero attached hydrogens (tertiary/aromatic N) is 3. The lowest BCUT2D eigenvalue weighted by atomic mass is 10.2. The molecule has 0 bridgehead atoms. The van der Waals surface area contributed by atoms with E-state index in [0.717, 1.165) is 18.4 Å². The van der Waals surface area contributed by atoms with Crippen molar-refractivity contribution in [2.24, 2.45) is 0 Å². The number of carbonyl (C=O) groups excluding carboxylic acids is 2.